The van der Waals surface area contributed by atoms with E-state index in [1.807, 2.05) is 6.07 Å². The largest absolute Gasteiger partial charge is 0.482 e. The summed E-state index contributed by atoms with van der Waals surface area (Å²) in [6.45, 7) is -0.0461. The first kappa shape index (κ1) is 21.5. The molecule has 156 valence electrons. The van der Waals surface area contributed by atoms with Gasteiger partial charge in [0.05, 0.1) is 22.2 Å². The van der Waals surface area contributed by atoms with Crippen LogP contribution in [0.4, 0.5) is 10.1 Å². The van der Waals surface area contributed by atoms with E-state index in [-0.39, 0.29) is 40.4 Å². The molecule has 0 bridgehead atoms. The molecule has 0 aliphatic carbocycles. The molecule has 0 saturated carbocycles. The zero-order valence-corrected chi connectivity index (χ0v) is 17.1. The lowest BCUT2D eigenvalue weighted by molar-refractivity contribution is -0.123. The number of ether oxygens (including phenoxy) is 1. The molecule has 1 aromatic heterocycles. The first-order chi connectivity index (χ1) is 14.3. The molecule has 0 spiro atoms. The zero-order valence-electron chi connectivity index (χ0n) is 15.5. The zero-order chi connectivity index (χ0) is 21.6. The van der Waals surface area contributed by atoms with Crippen molar-refractivity contribution in [3.05, 3.63) is 83.4 Å². The average Bonchev–Trinajstić information content (AvgIpc) is 2.73. The quantitative estimate of drug-likeness (QED) is 0.549. The summed E-state index contributed by atoms with van der Waals surface area (Å²) in [4.78, 5) is 15.9. The Labute approximate surface area is 177 Å². The van der Waals surface area contributed by atoms with Crippen LogP contribution in [0.2, 0.25) is 5.02 Å². The number of amides is 1. The van der Waals surface area contributed by atoms with E-state index in [0.717, 1.165) is 12.1 Å². The molecule has 3 rings (SSSR count). The number of benzene rings is 2. The number of aromatic nitrogens is 1. The van der Waals surface area contributed by atoms with Gasteiger partial charge in [0, 0.05) is 11.9 Å². The van der Waals surface area contributed by atoms with E-state index in [1.54, 1.807) is 18.3 Å². The molecule has 30 heavy (non-hydrogen) atoms. The molecule has 7 nitrogen and oxygen atoms in total. The third-order valence-corrected chi connectivity index (χ3v) is 5.54. The van der Waals surface area contributed by atoms with Crippen LogP contribution in [-0.2, 0) is 21.4 Å². The summed E-state index contributed by atoms with van der Waals surface area (Å²) in [5.74, 6) is -0.705. The highest BCUT2D eigenvalue weighted by Crippen LogP contribution is 2.28. The monoisotopic (exact) mass is 449 g/mol. The average molecular weight is 450 g/mol. The smallest absolute Gasteiger partial charge is 0.261 e. The molecule has 0 saturated heterocycles. The van der Waals surface area contributed by atoms with Gasteiger partial charge in [-0.2, -0.15) is 0 Å². The minimum atomic E-state index is -3.93. The van der Waals surface area contributed by atoms with Crippen molar-refractivity contribution >= 4 is 33.2 Å². The molecule has 0 radical (unpaired) electrons. The van der Waals surface area contributed by atoms with Crippen molar-refractivity contribution in [1.82, 2.24) is 10.3 Å². The standard InChI is InChI=1S/C20H17ClFN3O4S/c21-18-11-17(30(27,28)25-15-6-4-14(22)5-7-15)8-9-19(18)29-13-20(26)24-12-16-3-1-2-10-23-16/h1-11,25H,12-13H2,(H,24,26). The topological polar surface area (TPSA) is 97.4 Å². The van der Waals surface area contributed by atoms with Gasteiger partial charge in [0.1, 0.15) is 11.6 Å². The van der Waals surface area contributed by atoms with Gasteiger partial charge in [-0.05, 0) is 54.6 Å². The summed E-state index contributed by atoms with van der Waals surface area (Å²) < 4.78 is 45.6. The molecule has 1 amide bonds. The van der Waals surface area contributed by atoms with Crippen LogP contribution < -0.4 is 14.8 Å². The number of nitrogens with one attached hydrogen (secondary N) is 2. The fourth-order valence-electron chi connectivity index (χ4n) is 2.38. The Morgan fingerprint density at radius 1 is 1.10 bits per heavy atom. The summed E-state index contributed by atoms with van der Waals surface area (Å²) in [6.07, 6.45) is 1.62. The van der Waals surface area contributed by atoms with Crippen molar-refractivity contribution in [2.45, 2.75) is 11.4 Å². The highest BCUT2D eigenvalue weighted by atomic mass is 35.5. The van der Waals surface area contributed by atoms with Crippen LogP contribution >= 0.6 is 11.6 Å². The van der Waals surface area contributed by atoms with E-state index in [2.05, 4.69) is 15.0 Å². The van der Waals surface area contributed by atoms with Gasteiger partial charge in [-0.15, -0.1) is 0 Å². The number of rotatable bonds is 8. The Balaban J connectivity index is 1.59. The number of carbonyl (C=O) groups is 1. The number of carbonyl (C=O) groups excluding carboxylic acids is 1. The summed E-state index contributed by atoms with van der Waals surface area (Å²) in [5.41, 5.74) is 0.907. The van der Waals surface area contributed by atoms with Gasteiger partial charge in [-0.1, -0.05) is 17.7 Å². The first-order valence-electron chi connectivity index (χ1n) is 8.71. The maximum Gasteiger partial charge on any atom is 0.261 e. The van der Waals surface area contributed by atoms with Crippen LogP contribution in [0.5, 0.6) is 5.75 Å². The summed E-state index contributed by atoms with van der Waals surface area (Å²) >= 11 is 6.11. The minimum Gasteiger partial charge on any atom is -0.482 e. The Kier molecular flexibility index (Phi) is 6.86. The highest BCUT2D eigenvalue weighted by Gasteiger charge is 2.17. The predicted molar refractivity (Wildman–Crippen MR) is 110 cm³/mol. The molecule has 2 N–H and O–H groups in total. The minimum absolute atomic E-state index is 0.0227. The molecule has 10 heteroatoms. The number of sulfonamides is 1. The summed E-state index contributed by atoms with van der Waals surface area (Å²) in [6, 6.07) is 14.1. The Morgan fingerprint density at radius 2 is 1.87 bits per heavy atom. The second kappa shape index (κ2) is 9.55. The van der Waals surface area contributed by atoms with Gasteiger partial charge in [-0.25, -0.2) is 12.8 Å². The molecule has 0 aliphatic rings. The van der Waals surface area contributed by atoms with Crippen molar-refractivity contribution in [3.63, 3.8) is 0 Å². The molecule has 0 unspecified atom stereocenters. The highest BCUT2D eigenvalue weighted by molar-refractivity contribution is 7.92. The first-order valence-corrected chi connectivity index (χ1v) is 10.6. The third-order valence-electron chi connectivity index (χ3n) is 3.86. The van der Waals surface area contributed by atoms with Gasteiger partial charge < -0.3 is 10.1 Å². The normalized spacial score (nSPS) is 11.0. The van der Waals surface area contributed by atoms with Gasteiger partial charge in [0.25, 0.3) is 15.9 Å². The lowest BCUT2D eigenvalue weighted by Gasteiger charge is -2.11. The number of hydrogen-bond acceptors (Lipinski definition) is 5. The molecule has 0 aliphatic heterocycles. The number of hydrogen-bond donors (Lipinski definition) is 2. The lowest BCUT2D eigenvalue weighted by atomic mass is 10.3. The molecule has 3 aromatic rings. The molecule has 1 heterocycles. The second-order valence-electron chi connectivity index (χ2n) is 6.09. The van der Waals surface area contributed by atoms with E-state index < -0.39 is 15.8 Å². The predicted octanol–water partition coefficient (Wildman–Crippen LogP) is 3.37. The Morgan fingerprint density at radius 3 is 2.53 bits per heavy atom. The third kappa shape index (κ3) is 5.91. The van der Waals surface area contributed by atoms with E-state index in [4.69, 9.17) is 16.3 Å². The second-order valence-corrected chi connectivity index (χ2v) is 8.18. The lowest BCUT2D eigenvalue weighted by Crippen LogP contribution is -2.28. The molecule has 2 aromatic carbocycles. The Hall–Kier alpha value is -3.17. The van der Waals surface area contributed by atoms with E-state index in [0.29, 0.717) is 5.69 Å². The summed E-state index contributed by atoms with van der Waals surface area (Å²) in [5, 5.41) is 2.68. The maximum atomic E-state index is 13.0. The van der Waals surface area contributed by atoms with E-state index in [9.17, 15) is 17.6 Å². The van der Waals surface area contributed by atoms with E-state index >= 15 is 0 Å². The van der Waals surface area contributed by atoms with Gasteiger partial charge in [-0.3, -0.25) is 14.5 Å². The van der Waals surface area contributed by atoms with Gasteiger partial charge in [0.15, 0.2) is 6.61 Å². The van der Waals surface area contributed by atoms with Crippen LogP contribution in [0.25, 0.3) is 0 Å². The van der Waals surface area contributed by atoms with Crippen molar-refractivity contribution in [1.29, 1.82) is 0 Å². The van der Waals surface area contributed by atoms with Crippen LogP contribution in [0.3, 0.4) is 0 Å². The molecular weight excluding hydrogens is 433 g/mol. The Bertz CT molecular complexity index is 1130. The van der Waals surface area contributed by atoms with Crippen molar-refractivity contribution < 1.29 is 22.3 Å². The van der Waals surface area contributed by atoms with Crippen LogP contribution in [0.1, 0.15) is 5.69 Å². The van der Waals surface area contributed by atoms with Crippen LogP contribution in [0, 0.1) is 5.82 Å². The number of pyridine rings is 1. The van der Waals surface area contributed by atoms with Crippen molar-refractivity contribution in [2.24, 2.45) is 0 Å². The van der Waals surface area contributed by atoms with Gasteiger partial charge in [0.2, 0.25) is 0 Å². The maximum absolute atomic E-state index is 13.0. The molecule has 0 fully saturated rings. The van der Waals surface area contributed by atoms with Crippen molar-refractivity contribution in [2.75, 3.05) is 11.3 Å². The number of halogens is 2. The molecular formula is C20H17ClFN3O4S. The fourth-order valence-corrected chi connectivity index (χ4v) is 3.77. The van der Waals surface area contributed by atoms with Gasteiger partial charge >= 0.3 is 0 Å². The number of nitrogens with zero attached hydrogens (tertiary/aromatic N) is 1. The van der Waals surface area contributed by atoms with Crippen LogP contribution in [-0.4, -0.2) is 25.9 Å². The van der Waals surface area contributed by atoms with Crippen molar-refractivity contribution in [3.8, 4) is 5.75 Å². The fraction of sp³-hybridized carbons (Fsp3) is 0.100. The van der Waals surface area contributed by atoms with Crippen LogP contribution in [0.15, 0.2) is 71.8 Å². The van der Waals surface area contributed by atoms with E-state index in [1.165, 1.54) is 30.3 Å². The SMILES string of the molecule is O=C(COc1ccc(S(=O)(=O)Nc2ccc(F)cc2)cc1Cl)NCc1ccccn1. The number of anilines is 1. The molecule has 0 atom stereocenters. The summed E-state index contributed by atoms with van der Waals surface area (Å²) in [7, 11) is -3.93.